The summed E-state index contributed by atoms with van der Waals surface area (Å²) in [5.41, 5.74) is 1.30. The van der Waals surface area contributed by atoms with Crippen molar-refractivity contribution < 1.29 is 24.2 Å². The predicted molar refractivity (Wildman–Crippen MR) is 120 cm³/mol. The number of ether oxygens (including phenoxy) is 2. The monoisotopic (exact) mass is 444 g/mol. The van der Waals surface area contributed by atoms with Crippen LogP contribution in [0.3, 0.4) is 0 Å². The third-order valence-corrected chi connectivity index (χ3v) is 11.1. The lowest BCUT2D eigenvalue weighted by molar-refractivity contribution is -0.225. The second-order valence-corrected chi connectivity index (χ2v) is 12.9. The molecule has 1 aliphatic heterocycles. The van der Waals surface area contributed by atoms with Crippen molar-refractivity contribution in [3.05, 3.63) is 11.1 Å². The fraction of sp³-hybridized carbons (Fsp3) is 0.852. The van der Waals surface area contributed by atoms with Crippen LogP contribution in [0.4, 0.5) is 0 Å². The number of carbonyl (C=O) groups is 2. The fourth-order valence-electron chi connectivity index (χ4n) is 9.95. The smallest absolute Gasteiger partial charge is 0.337 e. The summed E-state index contributed by atoms with van der Waals surface area (Å²) in [6.07, 6.45) is 6.98. The van der Waals surface area contributed by atoms with Crippen LogP contribution in [0.5, 0.6) is 0 Å². The standard InChI is InChI=1S/C27H40O5/c1-15(28)31-20-14-19-25(4)12-7-11-24(2,3)17(25)10-13-26(19,5)18-9-8-16-21(27(18,20)6)23(30)32-22(16)29/h17-20,22,29H,7-14H2,1-6H3. The summed E-state index contributed by atoms with van der Waals surface area (Å²) in [5.74, 6) is 0.621. The highest BCUT2D eigenvalue weighted by Crippen LogP contribution is 2.73. The molecule has 0 aromatic carbocycles. The second-order valence-electron chi connectivity index (χ2n) is 12.9. The average Bonchev–Trinajstić information content (AvgIpc) is 2.97. The van der Waals surface area contributed by atoms with Gasteiger partial charge in [0, 0.05) is 17.9 Å². The maximum absolute atomic E-state index is 13.0. The van der Waals surface area contributed by atoms with Crippen LogP contribution in [-0.2, 0) is 19.1 Å². The molecule has 3 fully saturated rings. The number of cyclic esters (lactones) is 1. The molecule has 1 heterocycles. The van der Waals surface area contributed by atoms with Gasteiger partial charge in [0.15, 0.2) is 0 Å². The summed E-state index contributed by atoms with van der Waals surface area (Å²) >= 11 is 0. The van der Waals surface area contributed by atoms with E-state index in [1.54, 1.807) is 0 Å². The highest BCUT2D eigenvalue weighted by atomic mass is 16.6. The zero-order valence-electron chi connectivity index (χ0n) is 20.6. The van der Waals surface area contributed by atoms with E-state index in [1.165, 1.54) is 32.6 Å². The Labute approximate surface area is 192 Å². The summed E-state index contributed by atoms with van der Waals surface area (Å²) in [7, 11) is 0. The SMILES string of the molecule is CC(=O)OC1CC2C3(C)CCCC(C)(C)C3CCC2(C)C2CCC3=C(C(=O)OC3O)C12C. The van der Waals surface area contributed by atoms with Gasteiger partial charge >= 0.3 is 11.9 Å². The molecule has 5 nitrogen and oxygen atoms in total. The van der Waals surface area contributed by atoms with E-state index in [1.807, 2.05) is 0 Å². The van der Waals surface area contributed by atoms with Crippen molar-refractivity contribution in [2.75, 3.05) is 0 Å². The number of aliphatic hydroxyl groups excluding tert-OH is 1. The molecule has 5 aliphatic rings. The third kappa shape index (κ3) is 2.72. The molecule has 0 spiro atoms. The maximum atomic E-state index is 13.0. The number of aliphatic hydroxyl groups is 1. The van der Waals surface area contributed by atoms with Crippen LogP contribution >= 0.6 is 0 Å². The minimum Gasteiger partial charge on any atom is -0.462 e. The van der Waals surface area contributed by atoms with Crippen molar-refractivity contribution in [2.24, 2.45) is 39.4 Å². The minimum atomic E-state index is -1.15. The van der Waals surface area contributed by atoms with E-state index in [9.17, 15) is 14.7 Å². The first kappa shape index (κ1) is 22.4. The summed E-state index contributed by atoms with van der Waals surface area (Å²) in [4.78, 5) is 25.2. The van der Waals surface area contributed by atoms with Gasteiger partial charge in [-0.1, -0.05) is 41.0 Å². The first-order valence-electron chi connectivity index (χ1n) is 12.7. The molecule has 178 valence electrons. The van der Waals surface area contributed by atoms with Gasteiger partial charge < -0.3 is 14.6 Å². The van der Waals surface area contributed by atoms with Gasteiger partial charge in [0.25, 0.3) is 0 Å². The molecule has 32 heavy (non-hydrogen) atoms. The summed E-state index contributed by atoms with van der Waals surface area (Å²) < 4.78 is 11.3. The van der Waals surface area contributed by atoms with Crippen molar-refractivity contribution in [3.63, 3.8) is 0 Å². The van der Waals surface area contributed by atoms with E-state index in [-0.39, 0.29) is 28.8 Å². The van der Waals surface area contributed by atoms with Gasteiger partial charge in [0.2, 0.25) is 6.29 Å². The van der Waals surface area contributed by atoms with Crippen LogP contribution in [0.15, 0.2) is 11.1 Å². The Morgan fingerprint density at radius 1 is 1.00 bits per heavy atom. The molecule has 8 atom stereocenters. The van der Waals surface area contributed by atoms with Gasteiger partial charge in [-0.3, -0.25) is 4.79 Å². The lowest BCUT2D eigenvalue weighted by Crippen LogP contribution is -2.66. The Kier molecular flexibility index (Phi) is 4.79. The highest BCUT2D eigenvalue weighted by molar-refractivity contribution is 5.94. The quantitative estimate of drug-likeness (QED) is 0.566. The van der Waals surface area contributed by atoms with Crippen molar-refractivity contribution in [3.8, 4) is 0 Å². The van der Waals surface area contributed by atoms with Gasteiger partial charge in [-0.05, 0) is 78.9 Å². The topological polar surface area (TPSA) is 72.8 Å². The van der Waals surface area contributed by atoms with Crippen LogP contribution < -0.4 is 0 Å². The van der Waals surface area contributed by atoms with E-state index < -0.39 is 17.7 Å². The summed E-state index contributed by atoms with van der Waals surface area (Å²) in [6, 6.07) is 0. The number of hydrogen-bond donors (Lipinski definition) is 1. The number of fused-ring (bicyclic) bond motifs is 6. The van der Waals surface area contributed by atoms with E-state index in [0.717, 1.165) is 19.3 Å². The Hall–Kier alpha value is -1.36. The van der Waals surface area contributed by atoms with Crippen molar-refractivity contribution in [1.82, 2.24) is 0 Å². The molecular formula is C27H40O5. The minimum absolute atomic E-state index is 0.0659. The van der Waals surface area contributed by atoms with Crippen LogP contribution in [0.2, 0.25) is 0 Å². The molecule has 0 saturated heterocycles. The Morgan fingerprint density at radius 3 is 2.38 bits per heavy atom. The molecule has 0 radical (unpaired) electrons. The summed E-state index contributed by atoms with van der Waals surface area (Å²) in [5, 5.41) is 10.4. The maximum Gasteiger partial charge on any atom is 0.337 e. The number of carbonyl (C=O) groups excluding carboxylic acids is 2. The normalized spacial score (nSPS) is 49.3. The Morgan fingerprint density at radius 2 is 1.69 bits per heavy atom. The highest BCUT2D eigenvalue weighted by Gasteiger charge is 2.70. The predicted octanol–water partition coefficient (Wildman–Crippen LogP) is 5.16. The number of esters is 2. The molecule has 0 aromatic rings. The molecule has 5 rings (SSSR count). The second kappa shape index (κ2) is 6.84. The molecule has 1 N–H and O–H groups in total. The fourth-order valence-corrected chi connectivity index (χ4v) is 9.95. The van der Waals surface area contributed by atoms with Crippen LogP contribution in [-0.4, -0.2) is 29.4 Å². The summed E-state index contributed by atoms with van der Waals surface area (Å²) in [6.45, 7) is 13.4. The Bertz CT molecular complexity index is 888. The molecular weight excluding hydrogens is 404 g/mol. The van der Waals surface area contributed by atoms with Crippen LogP contribution in [0.25, 0.3) is 0 Å². The van der Waals surface area contributed by atoms with Gasteiger partial charge in [-0.25, -0.2) is 4.79 Å². The zero-order valence-corrected chi connectivity index (χ0v) is 20.6. The molecule has 0 aromatic heterocycles. The van der Waals surface area contributed by atoms with E-state index in [4.69, 9.17) is 9.47 Å². The zero-order chi connectivity index (χ0) is 23.3. The molecule has 8 unspecified atom stereocenters. The van der Waals surface area contributed by atoms with E-state index in [0.29, 0.717) is 34.8 Å². The Balaban J connectivity index is 1.65. The first-order chi connectivity index (χ1) is 14.9. The van der Waals surface area contributed by atoms with Gasteiger partial charge in [0.1, 0.15) is 6.10 Å². The largest absolute Gasteiger partial charge is 0.462 e. The van der Waals surface area contributed by atoms with Crippen LogP contribution in [0.1, 0.15) is 92.9 Å². The molecule has 5 heteroatoms. The average molecular weight is 445 g/mol. The van der Waals surface area contributed by atoms with Crippen molar-refractivity contribution >= 4 is 11.9 Å². The number of rotatable bonds is 1. The van der Waals surface area contributed by atoms with E-state index in [2.05, 4.69) is 34.6 Å². The van der Waals surface area contributed by atoms with Crippen molar-refractivity contribution in [1.29, 1.82) is 0 Å². The van der Waals surface area contributed by atoms with Gasteiger partial charge in [-0.2, -0.15) is 0 Å². The van der Waals surface area contributed by atoms with Gasteiger partial charge in [0.05, 0.1) is 5.57 Å². The lowest BCUT2D eigenvalue weighted by Gasteiger charge is -2.70. The molecule has 0 bridgehead atoms. The van der Waals surface area contributed by atoms with Gasteiger partial charge in [-0.15, -0.1) is 0 Å². The molecule has 4 aliphatic carbocycles. The van der Waals surface area contributed by atoms with E-state index >= 15 is 0 Å². The molecule has 3 saturated carbocycles. The number of hydrogen-bond acceptors (Lipinski definition) is 5. The molecule has 0 amide bonds. The lowest BCUT2D eigenvalue weighted by atomic mass is 9.35. The third-order valence-electron chi connectivity index (χ3n) is 11.1. The van der Waals surface area contributed by atoms with Crippen molar-refractivity contribution in [2.45, 2.75) is 105 Å². The first-order valence-corrected chi connectivity index (χ1v) is 12.7. The van der Waals surface area contributed by atoms with Crippen LogP contribution in [0, 0.1) is 39.4 Å².